The van der Waals surface area contributed by atoms with Crippen molar-refractivity contribution in [3.63, 3.8) is 0 Å². The van der Waals surface area contributed by atoms with Gasteiger partial charge in [-0.05, 0) is 43.0 Å². The van der Waals surface area contributed by atoms with Crippen LogP contribution in [0.5, 0.6) is 5.75 Å². The first kappa shape index (κ1) is 15.6. The maximum atomic E-state index is 5.47. The van der Waals surface area contributed by atoms with Gasteiger partial charge in [0.1, 0.15) is 5.75 Å². The maximum Gasteiger partial charge on any atom is 0.142 e. The molecule has 0 spiro atoms. The summed E-state index contributed by atoms with van der Waals surface area (Å²) in [5, 5.41) is 4.78. The molecule has 1 N–H and O–H groups in total. The van der Waals surface area contributed by atoms with E-state index in [0.29, 0.717) is 0 Å². The number of aromatic nitrogens is 1. The van der Waals surface area contributed by atoms with Crippen LogP contribution in [0.3, 0.4) is 0 Å². The topological polar surface area (TPSA) is 34.1 Å². The highest BCUT2D eigenvalue weighted by molar-refractivity contribution is 5.96. The number of anilines is 2. The molecule has 0 aliphatic heterocycles. The Morgan fingerprint density at radius 3 is 2.65 bits per heavy atom. The van der Waals surface area contributed by atoms with Crippen LogP contribution in [0.1, 0.15) is 17.7 Å². The minimum absolute atomic E-state index is 0. The molecule has 1 aliphatic rings. The third-order valence-electron chi connectivity index (χ3n) is 4.29. The van der Waals surface area contributed by atoms with Crippen molar-refractivity contribution in [1.82, 2.24) is 4.98 Å². The molecule has 0 radical (unpaired) electrons. The van der Waals surface area contributed by atoms with E-state index in [1.165, 1.54) is 28.8 Å². The Morgan fingerprint density at radius 1 is 1.00 bits per heavy atom. The monoisotopic (exact) mass is 326 g/mol. The van der Waals surface area contributed by atoms with Crippen molar-refractivity contribution in [2.24, 2.45) is 0 Å². The first-order valence-electron chi connectivity index (χ1n) is 7.67. The molecular weight excluding hydrogens is 308 g/mol. The molecular formula is C19H19ClN2O. The van der Waals surface area contributed by atoms with Crippen molar-refractivity contribution >= 4 is 34.7 Å². The molecule has 0 saturated carbocycles. The number of halogens is 1. The predicted molar refractivity (Wildman–Crippen MR) is 97.3 cm³/mol. The van der Waals surface area contributed by atoms with Crippen LogP contribution in [0.4, 0.5) is 11.4 Å². The van der Waals surface area contributed by atoms with Gasteiger partial charge in [-0.25, -0.2) is 0 Å². The Balaban J connectivity index is 0.00000156. The van der Waals surface area contributed by atoms with Crippen molar-refractivity contribution in [2.75, 3.05) is 12.4 Å². The lowest BCUT2D eigenvalue weighted by atomic mass is 10.1. The summed E-state index contributed by atoms with van der Waals surface area (Å²) in [4.78, 5) is 4.83. The van der Waals surface area contributed by atoms with Crippen LogP contribution in [0.25, 0.3) is 10.9 Å². The number of aryl methyl sites for hydroxylation is 1. The number of methoxy groups -OCH3 is 1. The highest BCUT2D eigenvalue weighted by atomic mass is 35.5. The number of pyridine rings is 1. The van der Waals surface area contributed by atoms with Gasteiger partial charge in [0.2, 0.25) is 0 Å². The molecule has 3 aromatic rings. The summed E-state index contributed by atoms with van der Waals surface area (Å²) < 4.78 is 5.47. The number of benzene rings is 2. The zero-order chi connectivity index (χ0) is 14.9. The Hall–Kier alpha value is -2.26. The number of ether oxygens (including phenoxy) is 1. The van der Waals surface area contributed by atoms with E-state index in [1.54, 1.807) is 7.11 Å². The van der Waals surface area contributed by atoms with Gasteiger partial charge in [0.05, 0.1) is 24.0 Å². The molecule has 0 unspecified atom stereocenters. The van der Waals surface area contributed by atoms with Gasteiger partial charge in [0.15, 0.2) is 0 Å². The van der Waals surface area contributed by atoms with Crippen LogP contribution in [0.15, 0.2) is 48.5 Å². The Morgan fingerprint density at radius 2 is 1.78 bits per heavy atom. The highest BCUT2D eigenvalue weighted by Crippen LogP contribution is 2.37. The minimum atomic E-state index is 0. The zero-order valence-corrected chi connectivity index (χ0v) is 13.8. The second-order valence-electron chi connectivity index (χ2n) is 5.61. The van der Waals surface area contributed by atoms with Gasteiger partial charge in [-0.1, -0.05) is 30.3 Å². The summed E-state index contributed by atoms with van der Waals surface area (Å²) in [5.41, 5.74) is 5.82. The van der Waals surface area contributed by atoms with Crippen LogP contribution in [0.2, 0.25) is 0 Å². The van der Waals surface area contributed by atoms with Crippen LogP contribution in [-0.2, 0) is 12.8 Å². The number of nitrogens with one attached hydrogen (secondary N) is 1. The quantitative estimate of drug-likeness (QED) is 0.743. The molecule has 3 nitrogen and oxygen atoms in total. The molecule has 2 aromatic carbocycles. The average molecular weight is 327 g/mol. The fourth-order valence-corrected chi connectivity index (χ4v) is 3.24. The van der Waals surface area contributed by atoms with Crippen molar-refractivity contribution in [3.05, 3.63) is 59.8 Å². The molecule has 0 amide bonds. The number of para-hydroxylation sites is 3. The van der Waals surface area contributed by atoms with Crippen molar-refractivity contribution < 1.29 is 4.74 Å². The third-order valence-corrected chi connectivity index (χ3v) is 4.29. The smallest absolute Gasteiger partial charge is 0.142 e. The van der Waals surface area contributed by atoms with E-state index in [0.717, 1.165) is 29.8 Å². The van der Waals surface area contributed by atoms with E-state index >= 15 is 0 Å². The van der Waals surface area contributed by atoms with E-state index in [4.69, 9.17) is 9.72 Å². The molecule has 0 fully saturated rings. The van der Waals surface area contributed by atoms with Crippen LogP contribution in [0, 0.1) is 0 Å². The predicted octanol–water partition coefficient (Wildman–Crippen LogP) is 4.90. The fourth-order valence-electron chi connectivity index (χ4n) is 3.24. The summed E-state index contributed by atoms with van der Waals surface area (Å²) in [6.07, 6.45) is 3.34. The lowest BCUT2D eigenvalue weighted by Crippen LogP contribution is -2.01. The number of rotatable bonds is 3. The average Bonchev–Trinajstić information content (AvgIpc) is 3.03. The zero-order valence-electron chi connectivity index (χ0n) is 13.0. The summed E-state index contributed by atoms with van der Waals surface area (Å²) in [6.45, 7) is 0. The van der Waals surface area contributed by atoms with Gasteiger partial charge in [-0.3, -0.25) is 4.98 Å². The van der Waals surface area contributed by atoms with Crippen LogP contribution < -0.4 is 10.1 Å². The fraction of sp³-hybridized carbons (Fsp3) is 0.211. The largest absolute Gasteiger partial charge is 0.495 e. The van der Waals surface area contributed by atoms with E-state index in [-0.39, 0.29) is 12.4 Å². The van der Waals surface area contributed by atoms with Gasteiger partial charge < -0.3 is 10.1 Å². The first-order chi connectivity index (χ1) is 10.9. The molecule has 1 heterocycles. The molecule has 0 bridgehead atoms. The standard InChI is InChI=1S/C19H18N2O.ClH/c1-22-18-12-5-4-10-17(18)21-19-13-7-2-3-9-15(13)20-16-11-6-8-14(16)19;/h2-5,7,9-10,12H,6,8,11H2,1H3,(H,20,21);1H. The number of hydrogen-bond acceptors (Lipinski definition) is 3. The molecule has 23 heavy (non-hydrogen) atoms. The van der Waals surface area contributed by atoms with Gasteiger partial charge in [0.25, 0.3) is 0 Å². The van der Waals surface area contributed by atoms with E-state index in [1.807, 2.05) is 24.3 Å². The molecule has 4 rings (SSSR count). The van der Waals surface area contributed by atoms with Crippen molar-refractivity contribution in [3.8, 4) is 5.75 Å². The Labute approximate surface area is 142 Å². The summed E-state index contributed by atoms with van der Waals surface area (Å²) in [5.74, 6) is 0.857. The van der Waals surface area contributed by atoms with Gasteiger partial charge in [0, 0.05) is 11.1 Å². The number of nitrogens with zero attached hydrogens (tertiary/aromatic N) is 1. The van der Waals surface area contributed by atoms with Gasteiger partial charge in [-0.2, -0.15) is 0 Å². The minimum Gasteiger partial charge on any atom is -0.495 e. The molecule has 1 aliphatic carbocycles. The van der Waals surface area contributed by atoms with Crippen molar-refractivity contribution in [1.29, 1.82) is 0 Å². The highest BCUT2D eigenvalue weighted by Gasteiger charge is 2.20. The molecule has 0 saturated heterocycles. The van der Waals surface area contributed by atoms with E-state index in [2.05, 4.69) is 29.6 Å². The lowest BCUT2D eigenvalue weighted by Gasteiger charge is -2.16. The summed E-state index contributed by atoms with van der Waals surface area (Å²) >= 11 is 0. The second-order valence-corrected chi connectivity index (χ2v) is 5.61. The molecule has 1 aromatic heterocycles. The number of hydrogen-bond donors (Lipinski definition) is 1. The Bertz CT molecular complexity index is 848. The molecule has 0 atom stereocenters. The maximum absolute atomic E-state index is 5.47. The SMILES string of the molecule is COc1ccccc1Nc1c2c(nc3ccccc13)CCC2.Cl. The first-order valence-corrected chi connectivity index (χ1v) is 7.67. The van der Waals surface area contributed by atoms with Crippen LogP contribution in [-0.4, -0.2) is 12.1 Å². The number of fused-ring (bicyclic) bond motifs is 2. The molecule has 118 valence electrons. The van der Waals surface area contributed by atoms with E-state index in [9.17, 15) is 0 Å². The Kier molecular flexibility index (Phi) is 4.39. The normalized spacial score (nSPS) is 12.6. The lowest BCUT2D eigenvalue weighted by molar-refractivity contribution is 0.417. The third kappa shape index (κ3) is 2.73. The van der Waals surface area contributed by atoms with Gasteiger partial charge >= 0.3 is 0 Å². The van der Waals surface area contributed by atoms with Gasteiger partial charge in [-0.15, -0.1) is 12.4 Å². The molecule has 4 heteroatoms. The van der Waals surface area contributed by atoms with Crippen molar-refractivity contribution in [2.45, 2.75) is 19.3 Å². The second kappa shape index (κ2) is 6.47. The van der Waals surface area contributed by atoms with E-state index < -0.39 is 0 Å². The summed E-state index contributed by atoms with van der Waals surface area (Å²) in [6, 6.07) is 16.4. The van der Waals surface area contributed by atoms with Crippen LogP contribution >= 0.6 is 12.4 Å². The summed E-state index contributed by atoms with van der Waals surface area (Å²) in [7, 11) is 1.70.